The minimum absolute atomic E-state index is 0.0927. The predicted octanol–water partition coefficient (Wildman–Crippen LogP) is 5.50. The lowest BCUT2D eigenvalue weighted by Gasteiger charge is -2.25. The Kier molecular flexibility index (Phi) is 4.03. The maximum atomic E-state index is 13.5. The third kappa shape index (κ3) is 2.76. The summed E-state index contributed by atoms with van der Waals surface area (Å²) in [6.07, 6.45) is 0. The zero-order valence-corrected chi connectivity index (χ0v) is 16.3. The molecular weight excluding hydrogens is 386 g/mol. The topological polar surface area (TPSA) is 50.5 Å². The van der Waals surface area contributed by atoms with Gasteiger partial charge in [-0.2, -0.15) is 0 Å². The molecule has 1 aliphatic heterocycles. The summed E-state index contributed by atoms with van der Waals surface area (Å²) in [7, 11) is 0. The van der Waals surface area contributed by atoms with Crippen molar-refractivity contribution in [2.45, 2.75) is 13.0 Å². The Morgan fingerprint density at radius 1 is 0.931 bits per heavy atom. The second-order valence-electron chi connectivity index (χ2n) is 7.14. The van der Waals surface area contributed by atoms with E-state index < -0.39 is 6.04 Å². The molecule has 0 N–H and O–H groups in total. The molecule has 0 aliphatic carbocycles. The van der Waals surface area contributed by atoms with E-state index in [1.165, 1.54) is 0 Å². The van der Waals surface area contributed by atoms with Crippen LogP contribution in [0.1, 0.15) is 33.3 Å². The van der Waals surface area contributed by atoms with Crippen molar-refractivity contribution in [1.29, 1.82) is 0 Å². The molecule has 1 amide bonds. The molecule has 29 heavy (non-hydrogen) atoms. The highest BCUT2D eigenvalue weighted by atomic mass is 35.5. The summed E-state index contributed by atoms with van der Waals surface area (Å²) < 4.78 is 5.96. The predicted molar refractivity (Wildman–Crippen MR) is 114 cm³/mol. The molecule has 4 nitrogen and oxygen atoms in total. The van der Waals surface area contributed by atoms with Gasteiger partial charge in [0.25, 0.3) is 5.91 Å². The molecule has 5 heteroatoms. The molecule has 0 spiro atoms. The highest BCUT2D eigenvalue weighted by molar-refractivity contribution is 6.30. The smallest absolute Gasteiger partial charge is 0.295 e. The Morgan fingerprint density at radius 2 is 1.66 bits per heavy atom. The average molecular weight is 402 g/mol. The molecule has 0 radical (unpaired) electrons. The number of para-hydroxylation sites is 1. The molecule has 3 aromatic carbocycles. The molecular formula is C24H16ClNO3. The van der Waals surface area contributed by atoms with Gasteiger partial charge in [0.2, 0.25) is 5.76 Å². The van der Waals surface area contributed by atoms with Crippen LogP contribution in [0.15, 0.2) is 82.0 Å². The minimum atomic E-state index is -0.585. The van der Waals surface area contributed by atoms with Crippen molar-refractivity contribution in [2.24, 2.45) is 0 Å². The lowest BCUT2D eigenvalue weighted by molar-refractivity contribution is 0.0971. The highest BCUT2D eigenvalue weighted by Gasteiger charge is 2.43. The van der Waals surface area contributed by atoms with E-state index in [1.807, 2.05) is 55.5 Å². The number of nitrogens with zero attached hydrogens (tertiary/aromatic N) is 1. The van der Waals surface area contributed by atoms with Crippen LogP contribution in [-0.2, 0) is 0 Å². The number of carbonyl (C=O) groups excluding carboxylic acids is 1. The number of aryl methyl sites for hydroxylation is 1. The number of rotatable bonds is 2. The molecule has 2 heterocycles. The number of fused-ring (bicyclic) bond motifs is 2. The lowest BCUT2D eigenvalue weighted by atomic mass is 9.98. The summed E-state index contributed by atoms with van der Waals surface area (Å²) in [6.45, 7) is 1.92. The largest absolute Gasteiger partial charge is 0.450 e. The normalized spacial score (nSPS) is 15.7. The fourth-order valence-corrected chi connectivity index (χ4v) is 4.03. The van der Waals surface area contributed by atoms with Gasteiger partial charge in [0.1, 0.15) is 5.58 Å². The zero-order chi connectivity index (χ0) is 20.1. The van der Waals surface area contributed by atoms with Gasteiger partial charge >= 0.3 is 0 Å². The molecule has 1 unspecified atom stereocenters. The maximum Gasteiger partial charge on any atom is 0.295 e. The summed E-state index contributed by atoms with van der Waals surface area (Å²) in [5.74, 6) is -0.235. The molecule has 4 aromatic rings. The first kappa shape index (κ1) is 17.7. The molecule has 1 aromatic heterocycles. The van der Waals surface area contributed by atoms with Gasteiger partial charge in [-0.1, -0.05) is 53.6 Å². The molecule has 0 fully saturated rings. The van der Waals surface area contributed by atoms with Gasteiger partial charge < -0.3 is 4.42 Å². The van der Waals surface area contributed by atoms with E-state index in [0.29, 0.717) is 27.2 Å². The lowest BCUT2D eigenvalue weighted by Crippen LogP contribution is -2.29. The van der Waals surface area contributed by atoms with E-state index in [9.17, 15) is 9.59 Å². The van der Waals surface area contributed by atoms with E-state index in [1.54, 1.807) is 29.2 Å². The Balaban J connectivity index is 1.83. The number of halogens is 1. The highest BCUT2D eigenvalue weighted by Crippen LogP contribution is 2.41. The zero-order valence-electron chi connectivity index (χ0n) is 15.6. The van der Waals surface area contributed by atoms with Crippen molar-refractivity contribution in [1.82, 2.24) is 0 Å². The van der Waals surface area contributed by atoms with Gasteiger partial charge in [0.15, 0.2) is 5.43 Å². The van der Waals surface area contributed by atoms with Crippen molar-refractivity contribution < 1.29 is 9.21 Å². The molecule has 1 aliphatic rings. The Hall–Kier alpha value is -3.37. The summed E-state index contributed by atoms with van der Waals surface area (Å²) in [5.41, 5.74) is 3.04. The Morgan fingerprint density at radius 3 is 2.38 bits per heavy atom. The van der Waals surface area contributed by atoms with Crippen LogP contribution in [0, 0.1) is 6.92 Å². The molecule has 5 rings (SSSR count). The third-order valence-electron chi connectivity index (χ3n) is 5.25. The average Bonchev–Trinajstić information content (AvgIpc) is 3.03. The van der Waals surface area contributed by atoms with Crippen molar-refractivity contribution in [3.63, 3.8) is 0 Å². The first-order valence-electron chi connectivity index (χ1n) is 9.26. The number of benzene rings is 3. The van der Waals surface area contributed by atoms with Crippen molar-refractivity contribution in [3.8, 4) is 0 Å². The van der Waals surface area contributed by atoms with Gasteiger partial charge in [-0.15, -0.1) is 0 Å². The summed E-state index contributed by atoms with van der Waals surface area (Å²) in [4.78, 5) is 28.5. The number of hydrogen-bond acceptors (Lipinski definition) is 3. The van der Waals surface area contributed by atoms with E-state index >= 15 is 0 Å². The number of carbonyl (C=O) groups is 1. The molecule has 1 atom stereocenters. The number of hydrogen-bond donors (Lipinski definition) is 0. The van der Waals surface area contributed by atoms with Crippen molar-refractivity contribution in [2.75, 3.05) is 4.90 Å². The fourth-order valence-electron chi connectivity index (χ4n) is 3.90. The molecule has 0 saturated heterocycles. The first-order chi connectivity index (χ1) is 14.0. The monoisotopic (exact) mass is 401 g/mol. The standard InChI is InChI=1S/C24H16ClNO3/c1-14-7-12-19-18(13-14)22(27)20-21(15-8-10-16(25)11-9-15)26(24(28)23(20)29-19)17-5-3-2-4-6-17/h2-13,21H,1H3. The molecule has 0 bridgehead atoms. The van der Waals surface area contributed by atoms with Gasteiger partial charge in [0.05, 0.1) is 17.0 Å². The van der Waals surface area contributed by atoms with Crippen LogP contribution in [0.4, 0.5) is 5.69 Å². The van der Waals surface area contributed by atoms with E-state index in [2.05, 4.69) is 0 Å². The van der Waals surface area contributed by atoms with Crippen LogP contribution in [0.5, 0.6) is 0 Å². The Bertz CT molecular complexity index is 1310. The van der Waals surface area contributed by atoms with E-state index in [0.717, 1.165) is 11.1 Å². The van der Waals surface area contributed by atoms with Gasteiger partial charge in [0, 0.05) is 10.7 Å². The SMILES string of the molecule is Cc1ccc2oc3c(c(=O)c2c1)C(c1ccc(Cl)cc1)N(c1ccccc1)C3=O. The van der Waals surface area contributed by atoms with Crippen LogP contribution in [0.25, 0.3) is 11.0 Å². The first-order valence-corrected chi connectivity index (χ1v) is 9.64. The Labute approximate surface area is 172 Å². The van der Waals surface area contributed by atoms with Gasteiger partial charge in [-0.05, 0) is 48.9 Å². The van der Waals surface area contributed by atoms with Crippen molar-refractivity contribution >= 4 is 34.2 Å². The summed E-state index contributed by atoms with van der Waals surface area (Å²) in [5, 5.41) is 1.07. The van der Waals surface area contributed by atoms with Crippen LogP contribution in [-0.4, -0.2) is 5.91 Å². The second kappa shape index (κ2) is 6.61. The molecule has 0 saturated carbocycles. The fraction of sp³-hybridized carbons (Fsp3) is 0.0833. The number of amides is 1. The molecule has 142 valence electrons. The van der Waals surface area contributed by atoms with E-state index in [4.69, 9.17) is 16.0 Å². The van der Waals surface area contributed by atoms with E-state index in [-0.39, 0.29) is 17.1 Å². The van der Waals surface area contributed by atoms with Crippen LogP contribution < -0.4 is 10.3 Å². The minimum Gasteiger partial charge on any atom is -0.450 e. The van der Waals surface area contributed by atoms with Gasteiger partial charge in [-0.3, -0.25) is 14.5 Å². The second-order valence-corrected chi connectivity index (χ2v) is 7.57. The van der Waals surface area contributed by atoms with Crippen molar-refractivity contribution in [3.05, 3.63) is 110 Å². The van der Waals surface area contributed by atoms with Crippen LogP contribution >= 0.6 is 11.6 Å². The summed E-state index contributed by atoms with van der Waals surface area (Å²) >= 11 is 6.07. The third-order valence-corrected chi connectivity index (χ3v) is 5.50. The maximum absolute atomic E-state index is 13.5. The van der Waals surface area contributed by atoms with Gasteiger partial charge in [-0.25, -0.2) is 0 Å². The number of anilines is 1. The van der Waals surface area contributed by atoms with Crippen LogP contribution in [0.3, 0.4) is 0 Å². The summed E-state index contributed by atoms with van der Waals surface area (Å²) in [6, 6.07) is 21.3. The quantitative estimate of drug-likeness (QED) is 0.445. The van der Waals surface area contributed by atoms with Crippen LogP contribution in [0.2, 0.25) is 5.02 Å².